The Bertz CT molecular complexity index is 817. The molecular weight excluding hydrogens is 516 g/mol. The summed E-state index contributed by atoms with van der Waals surface area (Å²) in [6.45, 7) is 0. The molecule has 0 saturated heterocycles. The Morgan fingerprint density at radius 3 is 2.71 bits per heavy atom. The van der Waals surface area contributed by atoms with Gasteiger partial charge in [0.05, 0.1) is 14.6 Å². The fraction of sp³-hybridized carbons (Fsp3) is 0.133. The summed E-state index contributed by atoms with van der Waals surface area (Å²) in [6, 6.07) is 11.4. The second kappa shape index (κ2) is 6.37. The van der Waals surface area contributed by atoms with E-state index in [1.54, 1.807) is 12.1 Å². The van der Waals surface area contributed by atoms with Gasteiger partial charge in [0.1, 0.15) is 11.6 Å². The Labute approximate surface area is 154 Å². The Kier molecular flexibility index (Phi) is 4.70. The van der Waals surface area contributed by atoms with Crippen LogP contribution in [0, 0.1) is 13.0 Å². The molecule has 3 rings (SSSR count). The van der Waals surface area contributed by atoms with Gasteiger partial charge >= 0.3 is 0 Å². The second-order valence-electron chi connectivity index (χ2n) is 4.54. The van der Waals surface area contributed by atoms with Gasteiger partial charge in [-0.2, -0.15) is 0 Å². The number of hydrogen-bond acceptors (Lipinski definition) is 1. The summed E-state index contributed by atoms with van der Waals surface area (Å²) in [7, 11) is 0. The molecule has 0 aliphatic heterocycles. The molecule has 2 nitrogen and oxygen atoms in total. The Morgan fingerprint density at radius 1 is 1.19 bits per heavy atom. The Morgan fingerprint density at radius 2 is 2.00 bits per heavy atom. The lowest BCUT2D eigenvalue weighted by Gasteiger charge is -2.09. The maximum Gasteiger partial charge on any atom is 0.138 e. The summed E-state index contributed by atoms with van der Waals surface area (Å²) < 4.78 is 17.6. The van der Waals surface area contributed by atoms with Gasteiger partial charge in [0, 0.05) is 27.6 Å². The molecule has 1 heterocycles. The van der Waals surface area contributed by atoms with Crippen LogP contribution < -0.4 is 0 Å². The van der Waals surface area contributed by atoms with Crippen molar-refractivity contribution in [1.82, 2.24) is 9.55 Å². The number of aryl methyl sites for hydroxylation is 1. The van der Waals surface area contributed by atoms with Crippen LogP contribution in [0.4, 0.5) is 4.39 Å². The summed E-state index contributed by atoms with van der Waals surface area (Å²) in [6.07, 6.45) is 0.639. The average Bonchev–Trinajstić information content (AvgIpc) is 2.77. The van der Waals surface area contributed by atoms with Crippen molar-refractivity contribution in [2.45, 2.75) is 6.42 Å². The highest BCUT2D eigenvalue weighted by Gasteiger charge is 2.14. The molecule has 0 atom stereocenters. The minimum atomic E-state index is -0.229. The summed E-state index contributed by atoms with van der Waals surface area (Å²) >= 11 is 10.1. The largest absolute Gasteiger partial charge is 0.296 e. The lowest BCUT2D eigenvalue weighted by Crippen LogP contribution is -2.02. The van der Waals surface area contributed by atoms with Gasteiger partial charge in [0.2, 0.25) is 0 Å². The molecule has 0 aliphatic carbocycles. The molecule has 21 heavy (non-hydrogen) atoms. The number of imidazole rings is 1. The van der Waals surface area contributed by atoms with Gasteiger partial charge in [-0.3, -0.25) is 4.57 Å². The first-order valence-electron chi connectivity index (χ1n) is 6.28. The van der Waals surface area contributed by atoms with E-state index in [1.165, 1.54) is 0 Å². The second-order valence-corrected chi connectivity index (χ2v) is 7.32. The topological polar surface area (TPSA) is 17.8 Å². The van der Waals surface area contributed by atoms with Gasteiger partial charge in [-0.25, -0.2) is 9.37 Å². The summed E-state index contributed by atoms with van der Waals surface area (Å²) in [4.78, 5) is 4.62. The molecular formula is C15H10ClFI2N2. The number of rotatable bonds is 3. The molecule has 6 heteroatoms. The van der Waals surface area contributed by atoms with Crippen molar-refractivity contribution in [2.75, 3.05) is 5.88 Å². The Balaban J connectivity index is 2.32. The third kappa shape index (κ3) is 3.05. The zero-order chi connectivity index (χ0) is 15.0. The lowest BCUT2D eigenvalue weighted by molar-refractivity contribution is 0.621. The van der Waals surface area contributed by atoms with Crippen LogP contribution in [-0.2, 0) is 6.42 Å². The predicted molar refractivity (Wildman–Crippen MR) is 101 cm³/mol. The van der Waals surface area contributed by atoms with Crippen molar-refractivity contribution in [3.8, 4) is 5.69 Å². The Hall–Kier alpha value is -0.410. The van der Waals surface area contributed by atoms with Crippen molar-refractivity contribution >= 4 is 67.8 Å². The van der Waals surface area contributed by atoms with E-state index in [1.807, 2.05) is 45.4 Å². The molecule has 2 aromatic carbocycles. The third-order valence-electron chi connectivity index (χ3n) is 3.15. The highest BCUT2D eigenvalue weighted by molar-refractivity contribution is 14.1. The van der Waals surface area contributed by atoms with Gasteiger partial charge in [-0.1, -0.05) is 6.07 Å². The molecule has 0 spiro atoms. The van der Waals surface area contributed by atoms with Crippen LogP contribution in [-0.4, -0.2) is 15.4 Å². The maximum atomic E-state index is 13.9. The molecule has 0 saturated carbocycles. The van der Waals surface area contributed by atoms with Crippen molar-refractivity contribution in [3.05, 3.63) is 55.2 Å². The predicted octanol–water partition coefficient (Wildman–Crippen LogP) is 5.16. The highest BCUT2D eigenvalue weighted by atomic mass is 127. The van der Waals surface area contributed by atoms with Gasteiger partial charge < -0.3 is 0 Å². The molecule has 0 fully saturated rings. The zero-order valence-electron chi connectivity index (χ0n) is 10.8. The number of fused-ring (bicyclic) bond motifs is 1. The molecule has 0 aliphatic rings. The number of aromatic nitrogens is 2. The van der Waals surface area contributed by atoms with E-state index in [0.29, 0.717) is 15.9 Å². The van der Waals surface area contributed by atoms with Crippen LogP contribution >= 0.6 is 56.8 Å². The van der Waals surface area contributed by atoms with E-state index < -0.39 is 0 Å². The first-order valence-corrected chi connectivity index (χ1v) is 8.97. The number of nitrogens with zero attached hydrogens (tertiary/aromatic N) is 2. The van der Waals surface area contributed by atoms with Gasteiger partial charge in [0.25, 0.3) is 0 Å². The number of alkyl halides is 1. The number of hydrogen-bond donors (Lipinski definition) is 0. The fourth-order valence-electron chi connectivity index (χ4n) is 2.28. The SMILES string of the molecule is Fc1cc2c(cc1I)nc(CCCl)n2-c1cccc(I)c1. The van der Waals surface area contributed by atoms with E-state index in [9.17, 15) is 4.39 Å². The van der Waals surface area contributed by atoms with Crippen LogP contribution in [0.15, 0.2) is 36.4 Å². The molecule has 0 radical (unpaired) electrons. The molecule has 0 unspecified atom stereocenters. The van der Waals surface area contributed by atoms with Crippen LogP contribution in [0.2, 0.25) is 0 Å². The van der Waals surface area contributed by atoms with E-state index in [0.717, 1.165) is 26.1 Å². The van der Waals surface area contributed by atoms with Crippen LogP contribution in [0.25, 0.3) is 16.7 Å². The molecule has 0 bridgehead atoms. The van der Waals surface area contributed by atoms with E-state index in [4.69, 9.17) is 11.6 Å². The first-order chi connectivity index (χ1) is 10.1. The van der Waals surface area contributed by atoms with Crippen molar-refractivity contribution < 1.29 is 4.39 Å². The monoisotopic (exact) mass is 526 g/mol. The quantitative estimate of drug-likeness (QED) is 0.341. The van der Waals surface area contributed by atoms with E-state index in [2.05, 4.69) is 33.6 Å². The molecule has 3 aromatic rings. The summed E-state index contributed by atoms with van der Waals surface area (Å²) in [5.41, 5.74) is 2.54. The average molecular weight is 527 g/mol. The highest BCUT2D eigenvalue weighted by Crippen LogP contribution is 2.26. The third-order valence-corrected chi connectivity index (χ3v) is 4.84. The molecule has 0 N–H and O–H groups in total. The van der Waals surface area contributed by atoms with Gasteiger partial charge in [-0.15, -0.1) is 11.6 Å². The van der Waals surface area contributed by atoms with Crippen LogP contribution in [0.5, 0.6) is 0 Å². The minimum Gasteiger partial charge on any atom is -0.296 e. The number of halogens is 4. The van der Waals surface area contributed by atoms with E-state index >= 15 is 0 Å². The maximum absolute atomic E-state index is 13.9. The van der Waals surface area contributed by atoms with Crippen molar-refractivity contribution in [2.24, 2.45) is 0 Å². The van der Waals surface area contributed by atoms with E-state index in [-0.39, 0.29) is 5.82 Å². The van der Waals surface area contributed by atoms with Crippen molar-refractivity contribution in [1.29, 1.82) is 0 Å². The first kappa shape index (κ1) is 15.5. The number of benzene rings is 2. The summed E-state index contributed by atoms with van der Waals surface area (Å²) in [5.74, 6) is 1.10. The van der Waals surface area contributed by atoms with Crippen LogP contribution in [0.3, 0.4) is 0 Å². The lowest BCUT2D eigenvalue weighted by atomic mass is 10.2. The smallest absolute Gasteiger partial charge is 0.138 e. The summed E-state index contributed by atoms with van der Waals surface area (Å²) in [5, 5.41) is 0. The van der Waals surface area contributed by atoms with Gasteiger partial charge in [0.15, 0.2) is 0 Å². The normalized spacial score (nSPS) is 11.2. The van der Waals surface area contributed by atoms with Crippen molar-refractivity contribution in [3.63, 3.8) is 0 Å². The van der Waals surface area contributed by atoms with Gasteiger partial charge in [-0.05, 0) is 69.4 Å². The molecule has 1 aromatic heterocycles. The fourth-order valence-corrected chi connectivity index (χ4v) is 3.42. The molecule has 108 valence electrons. The van der Waals surface area contributed by atoms with Crippen LogP contribution in [0.1, 0.15) is 5.82 Å². The zero-order valence-corrected chi connectivity index (χ0v) is 15.9. The minimum absolute atomic E-state index is 0.229. The molecule has 0 amide bonds. The standard InChI is InChI=1S/C15H10ClFI2N2/c16-5-4-15-20-13-8-12(19)11(17)7-14(13)21(15)10-3-1-2-9(18)6-10/h1-3,6-8H,4-5H2.